The molecule has 0 saturated carbocycles. The van der Waals surface area contributed by atoms with Crippen molar-refractivity contribution >= 4 is 0 Å². The Labute approximate surface area is 147 Å². The van der Waals surface area contributed by atoms with Gasteiger partial charge in [0.15, 0.2) is 0 Å². The normalized spacial score (nSPS) is 13.5. The molecule has 0 heterocycles. The molecule has 136 valence electrons. The standard InChI is InChI=1S/C19H24FNO4/c1-21(19(12-22)14-3-7-17(24-2)8-4-14)11-16(23)13-25-18-9-5-15(20)6-10-18/h3-10,16,19,22-23H,11-13H2,1-2H3/t16-,19+/m0/s1. The quantitative estimate of drug-likeness (QED) is 0.727. The van der Waals surface area contributed by atoms with Crippen molar-refractivity contribution in [2.75, 3.05) is 33.9 Å². The van der Waals surface area contributed by atoms with Gasteiger partial charge >= 0.3 is 0 Å². The number of likely N-dealkylation sites (N-methyl/N-ethyl adjacent to an activating group) is 1. The third-order valence-corrected chi connectivity index (χ3v) is 3.96. The Morgan fingerprint density at radius 1 is 1.04 bits per heavy atom. The van der Waals surface area contributed by atoms with Gasteiger partial charge in [0, 0.05) is 6.54 Å². The van der Waals surface area contributed by atoms with Gasteiger partial charge in [0.2, 0.25) is 0 Å². The summed E-state index contributed by atoms with van der Waals surface area (Å²) in [5.74, 6) is 0.908. The van der Waals surface area contributed by atoms with Crippen molar-refractivity contribution in [1.82, 2.24) is 4.90 Å². The van der Waals surface area contributed by atoms with Crippen LogP contribution in [0.4, 0.5) is 4.39 Å². The first kappa shape index (κ1) is 19.2. The number of hydrogen-bond donors (Lipinski definition) is 2. The summed E-state index contributed by atoms with van der Waals surface area (Å²) in [5.41, 5.74) is 0.928. The smallest absolute Gasteiger partial charge is 0.123 e. The van der Waals surface area contributed by atoms with Gasteiger partial charge in [-0.05, 0) is 49.0 Å². The molecule has 0 saturated heterocycles. The highest BCUT2D eigenvalue weighted by molar-refractivity contribution is 5.29. The van der Waals surface area contributed by atoms with Crippen LogP contribution in [0.1, 0.15) is 11.6 Å². The zero-order valence-electron chi connectivity index (χ0n) is 14.4. The average molecular weight is 349 g/mol. The van der Waals surface area contributed by atoms with E-state index in [4.69, 9.17) is 9.47 Å². The molecule has 2 N–H and O–H groups in total. The average Bonchev–Trinajstić information content (AvgIpc) is 2.62. The lowest BCUT2D eigenvalue weighted by Gasteiger charge is -2.28. The number of ether oxygens (including phenoxy) is 2. The van der Waals surface area contributed by atoms with Crippen LogP contribution >= 0.6 is 0 Å². The van der Waals surface area contributed by atoms with E-state index in [1.807, 2.05) is 36.2 Å². The summed E-state index contributed by atoms with van der Waals surface area (Å²) in [5, 5.41) is 19.9. The molecule has 2 rings (SSSR count). The number of rotatable bonds is 9. The Bertz CT molecular complexity index is 633. The molecule has 0 spiro atoms. The Hall–Kier alpha value is -2.15. The Morgan fingerprint density at radius 3 is 2.20 bits per heavy atom. The van der Waals surface area contributed by atoms with Crippen LogP contribution in [0.2, 0.25) is 0 Å². The molecule has 2 aromatic carbocycles. The molecule has 0 fully saturated rings. The third-order valence-electron chi connectivity index (χ3n) is 3.96. The lowest BCUT2D eigenvalue weighted by atomic mass is 10.1. The molecule has 0 unspecified atom stereocenters. The second-order valence-corrected chi connectivity index (χ2v) is 5.83. The SMILES string of the molecule is COc1ccc([C@@H](CO)N(C)C[C@H](O)COc2ccc(F)cc2)cc1. The van der Waals surface area contributed by atoms with E-state index in [1.165, 1.54) is 24.3 Å². The highest BCUT2D eigenvalue weighted by Crippen LogP contribution is 2.22. The van der Waals surface area contributed by atoms with Crippen molar-refractivity contribution in [2.45, 2.75) is 12.1 Å². The second kappa shape index (κ2) is 9.36. The second-order valence-electron chi connectivity index (χ2n) is 5.83. The van der Waals surface area contributed by atoms with Gasteiger partial charge in [0.25, 0.3) is 0 Å². The number of nitrogens with zero attached hydrogens (tertiary/aromatic N) is 1. The summed E-state index contributed by atoms with van der Waals surface area (Å²) in [6.45, 7) is 0.323. The van der Waals surface area contributed by atoms with Gasteiger partial charge in [-0.15, -0.1) is 0 Å². The largest absolute Gasteiger partial charge is 0.497 e. The van der Waals surface area contributed by atoms with Crippen molar-refractivity contribution < 1.29 is 24.1 Å². The van der Waals surface area contributed by atoms with E-state index in [-0.39, 0.29) is 25.1 Å². The van der Waals surface area contributed by atoms with Crippen LogP contribution in [-0.4, -0.2) is 55.1 Å². The zero-order valence-corrected chi connectivity index (χ0v) is 14.4. The highest BCUT2D eigenvalue weighted by Gasteiger charge is 2.19. The molecule has 0 radical (unpaired) electrons. The molecule has 6 heteroatoms. The predicted octanol–water partition coefficient (Wildman–Crippen LogP) is 2.24. The molecule has 5 nitrogen and oxygen atoms in total. The first-order valence-corrected chi connectivity index (χ1v) is 8.05. The summed E-state index contributed by atoms with van der Waals surface area (Å²) >= 11 is 0. The van der Waals surface area contributed by atoms with Gasteiger partial charge in [-0.25, -0.2) is 4.39 Å². The number of aliphatic hydroxyl groups is 2. The molecule has 0 aromatic heterocycles. The number of aliphatic hydroxyl groups excluding tert-OH is 2. The van der Waals surface area contributed by atoms with Crippen LogP contribution in [0.3, 0.4) is 0 Å². The molecular formula is C19H24FNO4. The minimum atomic E-state index is -0.748. The molecule has 25 heavy (non-hydrogen) atoms. The molecule has 0 bridgehead atoms. The molecule has 0 amide bonds. The van der Waals surface area contributed by atoms with E-state index in [0.717, 1.165) is 11.3 Å². The first-order chi connectivity index (χ1) is 12.0. The van der Waals surface area contributed by atoms with E-state index in [1.54, 1.807) is 7.11 Å². The van der Waals surface area contributed by atoms with Crippen molar-refractivity contribution in [3.8, 4) is 11.5 Å². The van der Waals surface area contributed by atoms with Crippen LogP contribution in [0, 0.1) is 5.82 Å². The Kier molecular flexibility index (Phi) is 7.18. The zero-order chi connectivity index (χ0) is 18.2. The highest BCUT2D eigenvalue weighted by atomic mass is 19.1. The Morgan fingerprint density at radius 2 is 1.64 bits per heavy atom. The van der Waals surface area contributed by atoms with Crippen LogP contribution < -0.4 is 9.47 Å². The molecule has 0 aliphatic rings. The predicted molar refractivity (Wildman–Crippen MR) is 93.4 cm³/mol. The lowest BCUT2D eigenvalue weighted by molar-refractivity contribution is 0.0500. The molecular weight excluding hydrogens is 325 g/mol. The maximum Gasteiger partial charge on any atom is 0.123 e. The molecule has 0 aliphatic heterocycles. The van der Waals surface area contributed by atoms with Crippen molar-refractivity contribution in [2.24, 2.45) is 0 Å². The summed E-state index contributed by atoms with van der Waals surface area (Å²) < 4.78 is 23.4. The third kappa shape index (κ3) is 5.70. The maximum atomic E-state index is 12.9. The monoisotopic (exact) mass is 349 g/mol. The topological polar surface area (TPSA) is 62.2 Å². The number of benzene rings is 2. The lowest BCUT2D eigenvalue weighted by Crippen LogP contribution is -2.36. The van der Waals surface area contributed by atoms with E-state index in [9.17, 15) is 14.6 Å². The number of halogens is 1. The minimum absolute atomic E-state index is 0.0750. The maximum absolute atomic E-state index is 12.9. The van der Waals surface area contributed by atoms with Gasteiger partial charge in [-0.1, -0.05) is 12.1 Å². The summed E-state index contributed by atoms with van der Waals surface area (Å²) in [7, 11) is 3.42. The van der Waals surface area contributed by atoms with Crippen LogP contribution in [0.25, 0.3) is 0 Å². The number of methoxy groups -OCH3 is 1. The fourth-order valence-electron chi connectivity index (χ4n) is 2.56. The van der Waals surface area contributed by atoms with E-state index in [0.29, 0.717) is 12.3 Å². The van der Waals surface area contributed by atoms with Crippen LogP contribution in [0.15, 0.2) is 48.5 Å². The van der Waals surface area contributed by atoms with Gasteiger partial charge in [-0.2, -0.15) is 0 Å². The minimum Gasteiger partial charge on any atom is -0.497 e. The van der Waals surface area contributed by atoms with Crippen molar-refractivity contribution in [3.63, 3.8) is 0 Å². The van der Waals surface area contributed by atoms with Crippen molar-refractivity contribution in [1.29, 1.82) is 0 Å². The summed E-state index contributed by atoms with van der Waals surface area (Å²) in [6, 6.07) is 12.8. The van der Waals surface area contributed by atoms with Crippen molar-refractivity contribution in [3.05, 3.63) is 59.9 Å². The van der Waals surface area contributed by atoms with E-state index in [2.05, 4.69) is 0 Å². The molecule has 2 atom stereocenters. The molecule has 0 aliphatic carbocycles. The van der Waals surface area contributed by atoms with E-state index < -0.39 is 6.10 Å². The van der Waals surface area contributed by atoms with Crippen LogP contribution in [0.5, 0.6) is 11.5 Å². The first-order valence-electron chi connectivity index (χ1n) is 8.05. The Balaban J connectivity index is 1.88. The van der Waals surface area contributed by atoms with Crippen LogP contribution in [-0.2, 0) is 0 Å². The summed E-state index contributed by atoms with van der Waals surface area (Å²) in [6.07, 6.45) is -0.748. The van der Waals surface area contributed by atoms with E-state index >= 15 is 0 Å². The molecule has 2 aromatic rings. The summed E-state index contributed by atoms with van der Waals surface area (Å²) in [4.78, 5) is 1.86. The van der Waals surface area contributed by atoms with Gasteiger partial charge in [0.05, 0.1) is 19.8 Å². The van der Waals surface area contributed by atoms with Gasteiger partial charge in [0.1, 0.15) is 30.0 Å². The van der Waals surface area contributed by atoms with Gasteiger partial charge < -0.3 is 19.7 Å². The fourth-order valence-corrected chi connectivity index (χ4v) is 2.56. The number of hydrogen-bond acceptors (Lipinski definition) is 5. The van der Waals surface area contributed by atoms with Gasteiger partial charge in [-0.3, -0.25) is 4.90 Å². The fraction of sp³-hybridized carbons (Fsp3) is 0.368.